The Hall–Kier alpha value is -1.84. The third-order valence-corrected chi connectivity index (χ3v) is 9.34. The predicted molar refractivity (Wildman–Crippen MR) is 133 cm³/mol. The molecule has 0 bridgehead atoms. The Morgan fingerprint density at radius 2 is 1.11 bits per heavy atom. The molecule has 0 aromatic heterocycles. The number of rotatable bonds is 17. The van der Waals surface area contributed by atoms with Gasteiger partial charge in [0.05, 0.1) is 0 Å². The highest BCUT2D eigenvalue weighted by atomic mass is 28.4. The summed E-state index contributed by atoms with van der Waals surface area (Å²) in [7, 11) is -3.87. The van der Waals surface area contributed by atoms with Gasteiger partial charge in [0.2, 0.25) is 0 Å². The molecule has 2 aromatic carbocycles. The zero-order chi connectivity index (χ0) is 26.5. The van der Waals surface area contributed by atoms with Crippen LogP contribution in [0.3, 0.4) is 0 Å². The predicted octanol–water partition coefficient (Wildman–Crippen LogP) is 7.34. The first-order chi connectivity index (χ1) is 17.1. The van der Waals surface area contributed by atoms with Crippen LogP contribution in [0.25, 0.3) is 0 Å². The molecule has 0 amide bonds. The first kappa shape index (κ1) is 30.4. The largest absolute Gasteiger partial charge is 0.425 e. The van der Waals surface area contributed by atoms with Gasteiger partial charge in [0.15, 0.2) is 0 Å². The van der Waals surface area contributed by atoms with E-state index < -0.39 is 33.4 Å². The van der Waals surface area contributed by atoms with Crippen molar-refractivity contribution in [2.45, 2.75) is 83.0 Å². The lowest BCUT2D eigenvalue weighted by Crippen LogP contribution is -2.65. The normalized spacial score (nSPS) is 13.6. The van der Waals surface area contributed by atoms with Crippen LogP contribution in [0, 0.1) is 0 Å². The summed E-state index contributed by atoms with van der Waals surface area (Å²) in [5.74, 6) is -4.76. The van der Waals surface area contributed by atoms with E-state index in [1.807, 2.05) is 0 Å². The van der Waals surface area contributed by atoms with Crippen molar-refractivity contribution in [1.82, 2.24) is 0 Å². The first-order valence-corrected chi connectivity index (χ1v) is 14.4. The molecule has 0 N–H and O–H groups in total. The molecule has 0 saturated carbocycles. The summed E-state index contributed by atoms with van der Waals surface area (Å²) in [6.45, 7) is 0.614. The van der Waals surface area contributed by atoms with E-state index in [-0.39, 0.29) is 6.61 Å². The molecule has 0 aliphatic rings. The molecule has 1 atom stereocenters. The summed E-state index contributed by atoms with van der Waals surface area (Å²) in [6.07, 6.45) is -0.362. The van der Waals surface area contributed by atoms with Gasteiger partial charge in [-0.15, -0.1) is 0 Å². The summed E-state index contributed by atoms with van der Waals surface area (Å²) < 4.78 is 92.1. The third kappa shape index (κ3) is 9.23. The van der Waals surface area contributed by atoms with E-state index in [9.17, 15) is 26.3 Å². The fourth-order valence-electron chi connectivity index (χ4n) is 4.00. The standard InChI is InChI=1S/C27H36F6O2Si/c1-2-3-4-5-6-7-8-9-16-21-34-36(23-17-12-10-13-18-23,24-19-14-11-15-20-24)35-22-26(29,30)25(28)27(31,32)33/h10-15,17-20,25H,2-9,16,21-22H2,1H3. The Bertz CT molecular complexity index is 809. The van der Waals surface area contributed by atoms with Crippen molar-refractivity contribution < 1.29 is 35.2 Å². The average Bonchev–Trinajstić information content (AvgIpc) is 2.87. The average molecular weight is 535 g/mol. The van der Waals surface area contributed by atoms with Crippen LogP contribution in [0.5, 0.6) is 0 Å². The maximum atomic E-state index is 14.3. The smallest absolute Gasteiger partial charge is 0.388 e. The van der Waals surface area contributed by atoms with Gasteiger partial charge in [-0.3, -0.25) is 0 Å². The molecule has 1 unspecified atom stereocenters. The number of halogens is 6. The number of hydrogen-bond acceptors (Lipinski definition) is 2. The van der Waals surface area contributed by atoms with Crippen LogP contribution in [-0.4, -0.2) is 40.0 Å². The molecule has 2 rings (SSSR count). The lowest BCUT2D eigenvalue weighted by molar-refractivity contribution is -0.251. The zero-order valence-electron chi connectivity index (χ0n) is 20.7. The van der Waals surface area contributed by atoms with Crippen molar-refractivity contribution >= 4 is 18.9 Å². The van der Waals surface area contributed by atoms with Crippen molar-refractivity contribution in [3.05, 3.63) is 60.7 Å². The molecule has 0 spiro atoms. The molecule has 0 heterocycles. The Balaban J connectivity index is 2.15. The monoisotopic (exact) mass is 534 g/mol. The Labute approximate surface area is 211 Å². The molecule has 2 nitrogen and oxygen atoms in total. The van der Waals surface area contributed by atoms with Gasteiger partial charge < -0.3 is 8.85 Å². The Morgan fingerprint density at radius 1 is 0.667 bits per heavy atom. The minimum absolute atomic E-state index is 0.190. The van der Waals surface area contributed by atoms with Crippen molar-refractivity contribution in [3.63, 3.8) is 0 Å². The van der Waals surface area contributed by atoms with Gasteiger partial charge in [-0.05, 0) is 16.8 Å². The van der Waals surface area contributed by atoms with Crippen molar-refractivity contribution in [3.8, 4) is 0 Å². The van der Waals surface area contributed by atoms with Crippen LogP contribution in [0.15, 0.2) is 60.7 Å². The third-order valence-electron chi connectivity index (χ3n) is 5.99. The second-order valence-corrected chi connectivity index (χ2v) is 11.9. The first-order valence-electron chi connectivity index (χ1n) is 12.6. The second-order valence-electron chi connectivity index (χ2n) is 8.98. The van der Waals surface area contributed by atoms with Gasteiger partial charge in [-0.25, -0.2) is 13.2 Å². The van der Waals surface area contributed by atoms with Crippen LogP contribution >= 0.6 is 0 Å². The molecule has 202 valence electrons. The molecule has 0 aliphatic carbocycles. The van der Waals surface area contributed by atoms with Crippen molar-refractivity contribution in [2.24, 2.45) is 0 Å². The van der Waals surface area contributed by atoms with Crippen LogP contribution in [0.4, 0.5) is 26.3 Å². The molecule has 2 aromatic rings. The van der Waals surface area contributed by atoms with Crippen LogP contribution in [0.2, 0.25) is 0 Å². The fraction of sp³-hybridized carbons (Fsp3) is 0.556. The lowest BCUT2D eigenvalue weighted by Gasteiger charge is -2.34. The van der Waals surface area contributed by atoms with Crippen molar-refractivity contribution in [1.29, 1.82) is 0 Å². The molecule has 0 fully saturated rings. The summed E-state index contributed by atoms with van der Waals surface area (Å²) in [5.41, 5.74) is 0. The van der Waals surface area contributed by atoms with E-state index in [0.717, 1.165) is 25.7 Å². The molecule has 36 heavy (non-hydrogen) atoms. The van der Waals surface area contributed by atoms with E-state index in [1.165, 1.54) is 25.7 Å². The van der Waals surface area contributed by atoms with E-state index >= 15 is 0 Å². The van der Waals surface area contributed by atoms with E-state index in [1.54, 1.807) is 60.7 Å². The van der Waals surface area contributed by atoms with Gasteiger partial charge in [0, 0.05) is 6.61 Å². The number of hydrogen-bond donors (Lipinski definition) is 0. The van der Waals surface area contributed by atoms with E-state index in [2.05, 4.69) is 6.92 Å². The highest BCUT2D eigenvalue weighted by Gasteiger charge is 2.58. The molecule has 9 heteroatoms. The zero-order valence-corrected chi connectivity index (χ0v) is 21.7. The summed E-state index contributed by atoms with van der Waals surface area (Å²) in [6, 6.07) is 16.7. The lowest BCUT2D eigenvalue weighted by atomic mass is 10.1. The summed E-state index contributed by atoms with van der Waals surface area (Å²) >= 11 is 0. The Morgan fingerprint density at radius 3 is 1.56 bits per heavy atom. The number of alkyl halides is 6. The number of benzene rings is 2. The molecule has 0 aliphatic heterocycles. The summed E-state index contributed by atoms with van der Waals surface area (Å²) in [4.78, 5) is 0. The van der Waals surface area contributed by atoms with Gasteiger partial charge in [-0.2, -0.15) is 13.2 Å². The van der Waals surface area contributed by atoms with Crippen LogP contribution in [0.1, 0.15) is 64.7 Å². The molecule has 0 saturated heterocycles. The fourth-order valence-corrected chi connectivity index (χ4v) is 7.17. The SMILES string of the molecule is CCCCCCCCCCCO[Si](OCC(F)(F)C(F)C(F)(F)F)(c1ccccc1)c1ccccc1. The van der Waals surface area contributed by atoms with Crippen molar-refractivity contribution in [2.75, 3.05) is 13.2 Å². The highest BCUT2D eigenvalue weighted by molar-refractivity contribution is 6.92. The molecule has 0 radical (unpaired) electrons. The van der Waals surface area contributed by atoms with Gasteiger partial charge >= 0.3 is 20.7 Å². The maximum absolute atomic E-state index is 14.3. The van der Waals surface area contributed by atoms with Gasteiger partial charge in [0.1, 0.15) is 6.61 Å². The van der Waals surface area contributed by atoms with Crippen LogP contribution in [-0.2, 0) is 8.85 Å². The molecular formula is C27H36F6O2Si. The van der Waals surface area contributed by atoms with E-state index in [4.69, 9.17) is 8.85 Å². The second kappa shape index (κ2) is 14.8. The number of unbranched alkanes of at least 4 members (excludes halogenated alkanes) is 8. The molecular weight excluding hydrogens is 498 g/mol. The van der Waals surface area contributed by atoms with E-state index in [0.29, 0.717) is 16.8 Å². The Kier molecular flexibility index (Phi) is 12.5. The quantitative estimate of drug-likeness (QED) is 0.120. The van der Waals surface area contributed by atoms with Gasteiger partial charge in [-0.1, -0.05) is 119 Å². The highest BCUT2D eigenvalue weighted by Crippen LogP contribution is 2.35. The topological polar surface area (TPSA) is 18.5 Å². The minimum atomic E-state index is -5.70. The summed E-state index contributed by atoms with van der Waals surface area (Å²) in [5, 5.41) is 0.927. The maximum Gasteiger partial charge on any atom is 0.425 e. The van der Waals surface area contributed by atoms with Gasteiger partial charge in [0.25, 0.3) is 6.17 Å². The van der Waals surface area contributed by atoms with Crippen LogP contribution < -0.4 is 10.4 Å². The minimum Gasteiger partial charge on any atom is -0.388 e.